The van der Waals surface area contributed by atoms with Gasteiger partial charge in [-0.25, -0.2) is 4.98 Å². The van der Waals surface area contributed by atoms with Crippen molar-refractivity contribution < 1.29 is 14.5 Å². The van der Waals surface area contributed by atoms with Crippen LogP contribution in [0.5, 0.6) is 0 Å². The van der Waals surface area contributed by atoms with Crippen LogP contribution < -0.4 is 10.6 Å². The molecule has 8 nitrogen and oxygen atoms in total. The Morgan fingerprint density at radius 3 is 2.60 bits per heavy atom. The summed E-state index contributed by atoms with van der Waals surface area (Å²) in [6.45, 7) is 3.02. The van der Waals surface area contributed by atoms with E-state index in [0.29, 0.717) is 21.2 Å². The summed E-state index contributed by atoms with van der Waals surface area (Å²) in [4.78, 5) is 38.8. The number of thiophene rings is 1. The Morgan fingerprint density at radius 2 is 1.96 bits per heavy atom. The molecule has 10 heteroatoms. The van der Waals surface area contributed by atoms with Gasteiger partial charge in [0.1, 0.15) is 0 Å². The molecule has 0 saturated carbocycles. The Morgan fingerprint density at radius 1 is 1.20 bits per heavy atom. The van der Waals surface area contributed by atoms with Crippen molar-refractivity contribution in [2.75, 3.05) is 10.6 Å². The van der Waals surface area contributed by atoms with Gasteiger partial charge < -0.3 is 5.32 Å². The number of hydrogen-bond donors (Lipinski definition) is 2. The van der Waals surface area contributed by atoms with Gasteiger partial charge in [-0.1, -0.05) is 11.3 Å². The van der Waals surface area contributed by atoms with Crippen LogP contribution in [0.3, 0.4) is 0 Å². The number of aromatic nitrogens is 1. The summed E-state index contributed by atoms with van der Waals surface area (Å²) >= 11 is 2.32. The molecule has 2 aromatic heterocycles. The van der Waals surface area contributed by atoms with Crippen LogP contribution in [0.4, 0.5) is 16.5 Å². The molecule has 2 N–H and O–H groups in total. The molecule has 2 heterocycles. The Hall–Kier alpha value is -2.85. The Kier molecular flexibility index (Phi) is 4.47. The lowest BCUT2D eigenvalue weighted by Gasteiger charge is -1.99. The number of aryl methyl sites for hydroxylation is 1. The summed E-state index contributed by atoms with van der Waals surface area (Å²) in [7, 11) is 0. The van der Waals surface area contributed by atoms with Gasteiger partial charge in [-0.15, -0.1) is 11.3 Å². The minimum absolute atomic E-state index is 0.0700. The fourth-order valence-electron chi connectivity index (χ4n) is 2.18. The molecule has 0 spiro atoms. The molecule has 0 aliphatic carbocycles. The first-order valence-corrected chi connectivity index (χ1v) is 8.71. The van der Waals surface area contributed by atoms with Crippen molar-refractivity contribution in [3.63, 3.8) is 0 Å². The lowest BCUT2D eigenvalue weighted by atomic mass is 10.3. The lowest BCUT2D eigenvalue weighted by molar-refractivity contribution is -0.385. The van der Waals surface area contributed by atoms with E-state index in [1.54, 1.807) is 25.1 Å². The SMILES string of the molecule is CC(=O)Nc1ccc2nc(NC(=O)c3cc([N+](=O)[O-])c(C)s3)sc2c1. The molecule has 0 aliphatic rings. The second kappa shape index (κ2) is 6.57. The van der Waals surface area contributed by atoms with E-state index >= 15 is 0 Å². The van der Waals surface area contributed by atoms with Gasteiger partial charge in [0.15, 0.2) is 5.13 Å². The van der Waals surface area contributed by atoms with E-state index in [0.717, 1.165) is 16.0 Å². The third-order valence-corrected chi connectivity index (χ3v) is 5.21. The summed E-state index contributed by atoms with van der Waals surface area (Å²) in [5.74, 6) is -0.616. The van der Waals surface area contributed by atoms with Gasteiger partial charge in [-0.2, -0.15) is 0 Å². The average Bonchev–Trinajstić information content (AvgIpc) is 3.09. The van der Waals surface area contributed by atoms with Gasteiger partial charge in [-0.05, 0) is 25.1 Å². The summed E-state index contributed by atoms with van der Waals surface area (Å²) < 4.78 is 0.801. The molecule has 3 aromatic rings. The Labute approximate surface area is 149 Å². The predicted molar refractivity (Wildman–Crippen MR) is 97.6 cm³/mol. The highest BCUT2D eigenvalue weighted by Gasteiger charge is 2.20. The molecule has 0 unspecified atom stereocenters. The van der Waals surface area contributed by atoms with Crippen molar-refractivity contribution in [3.05, 3.63) is 44.1 Å². The molecule has 0 fully saturated rings. The van der Waals surface area contributed by atoms with Gasteiger partial charge in [0.2, 0.25) is 5.91 Å². The first kappa shape index (κ1) is 17.0. The number of carbonyl (C=O) groups excluding carboxylic acids is 2. The van der Waals surface area contributed by atoms with Gasteiger partial charge in [0.05, 0.1) is 24.9 Å². The number of benzene rings is 1. The van der Waals surface area contributed by atoms with E-state index in [1.807, 2.05) is 0 Å². The number of fused-ring (bicyclic) bond motifs is 1. The van der Waals surface area contributed by atoms with E-state index in [4.69, 9.17) is 0 Å². The van der Waals surface area contributed by atoms with Gasteiger partial charge in [0, 0.05) is 18.7 Å². The van der Waals surface area contributed by atoms with Crippen molar-refractivity contribution in [1.29, 1.82) is 0 Å². The lowest BCUT2D eigenvalue weighted by Crippen LogP contribution is -2.09. The van der Waals surface area contributed by atoms with Gasteiger partial charge in [0.25, 0.3) is 11.6 Å². The van der Waals surface area contributed by atoms with E-state index in [2.05, 4.69) is 15.6 Å². The van der Waals surface area contributed by atoms with E-state index < -0.39 is 10.8 Å². The molecule has 25 heavy (non-hydrogen) atoms. The van der Waals surface area contributed by atoms with Gasteiger partial charge in [-0.3, -0.25) is 25.0 Å². The predicted octanol–water partition coefficient (Wildman–Crippen LogP) is 3.79. The largest absolute Gasteiger partial charge is 0.326 e. The molecule has 2 amide bonds. The highest BCUT2D eigenvalue weighted by molar-refractivity contribution is 7.22. The van der Waals surface area contributed by atoms with E-state index in [1.165, 1.54) is 24.3 Å². The Balaban J connectivity index is 1.82. The number of amides is 2. The fraction of sp³-hybridized carbons (Fsp3) is 0.133. The molecule has 0 aliphatic heterocycles. The molecular weight excluding hydrogens is 364 g/mol. The van der Waals surface area contributed by atoms with Crippen LogP contribution in [0.15, 0.2) is 24.3 Å². The maximum atomic E-state index is 12.3. The number of rotatable bonds is 4. The number of hydrogen-bond acceptors (Lipinski definition) is 7. The number of nitro groups is 1. The van der Waals surface area contributed by atoms with Crippen molar-refractivity contribution in [3.8, 4) is 0 Å². The van der Waals surface area contributed by atoms with Crippen LogP contribution in [0, 0.1) is 17.0 Å². The summed E-state index contributed by atoms with van der Waals surface area (Å²) in [6, 6.07) is 6.50. The Bertz CT molecular complexity index is 1010. The molecule has 0 bridgehead atoms. The second-order valence-corrected chi connectivity index (χ2v) is 7.43. The van der Waals surface area contributed by atoms with E-state index in [-0.39, 0.29) is 16.5 Å². The monoisotopic (exact) mass is 376 g/mol. The number of thiazole rings is 1. The number of nitrogens with one attached hydrogen (secondary N) is 2. The molecule has 1 aromatic carbocycles. The molecule has 3 rings (SSSR count). The van der Waals surface area contributed by atoms with Crippen LogP contribution in [0.25, 0.3) is 10.2 Å². The molecule has 0 atom stereocenters. The molecular formula is C15H12N4O4S2. The van der Waals surface area contributed by atoms with E-state index in [9.17, 15) is 19.7 Å². The van der Waals surface area contributed by atoms with Crippen LogP contribution >= 0.6 is 22.7 Å². The van der Waals surface area contributed by atoms with Crippen LogP contribution in [-0.4, -0.2) is 21.7 Å². The zero-order valence-corrected chi connectivity index (χ0v) is 14.8. The van der Waals surface area contributed by atoms with Crippen LogP contribution in [0.2, 0.25) is 0 Å². The average molecular weight is 376 g/mol. The first-order chi connectivity index (χ1) is 11.8. The minimum Gasteiger partial charge on any atom is -0.326 e. The van der Waals surface area contributed by atoms with Crippen molar-refractivity contribution in [2.24, 2.45) is 0 Å². The third-order valence-electron chi connectivity index (χ3n) is 3.24. The highest BCUT2D eigenvalue weighted by atomic mass is 32.1. The van der Waals surface area contributed by atoms with Crippen LogP contribution in [0.1, 0.15) is 21.5 Å². The summed E-state index contributed by atoms with van der Waals surface area (Å²) in [5, 5.41) is 16.6. The smallest absolute Gasteiger partial charge is 0.283 e. The summed E-state index contributed by atoms with van der Waals surface area (Å²) in [6.07, 6.45) is 0. The zero-order chi connectivity index (χ0) is 18.1. The summed E-state index contributed by atoms with van der Waals surface area (Å²) in [5.41, 5.74) is 1.26. The quantitative estimate of drug-likeness (QED) is 0.531. The standard InChI is InChI=1S/C15H12N4O4S2/c1-7-11(19(22)23)6-13(24-7)14(21)18-15-17-10-4-3-9(16-8(2)20)5-12(10)25-15/h3-6H,1-2H3,(H,16,20)(H,17,18,21). The van der Waals surface area contributed by atoms with Crippen molar-refractivity contribution in [2.45, 2.75) is 13.8 Å². The maximum absolute atomic E-state index is 12.3. The zero-order valence-electron chi connectivity index (χ0n) is 13.2. The number of carbonyl (C=O) groups is 2. The van der Waals surface area contributed by atoms with Gasteiger partial charge >= 0.3 is 0 Å². The normalized spacial score (nSPS) is 10.6. The number of anilines is 2. The number of nitrogens with zero attached hydrogens (tertiary/aromatic N) is 2. The van der Waals surface area contributed by atoms with Crippen LogP contribution in [-0.2, 0) is 4.79 Å². The van der Waals surface area contributed by atoms with Crippen molar-refractivity contribution >= 4 is 61.2 Å². The second-order valence-electron chi connectivity index (χ2n) is 5.15. The molecule has 128 valence electrons. The fourth-order valence-corrected chi connectivity index (χ4v) is 3.97. The first-order valence-electron chi connectivity index (χ1n) is 7.08. The van der Waals surface area contributed by atoms with Crippen molar-refractivity contribution in [1.82, 2.24) is 4.98 Å². The molecule has 0 radical (unpaired) electrons. The molecule has 0 saturated heterocycles. The highest BCUT2D eigenvalue weighted by Crippen LogP contribution is 2.31. The minimum atomic E-state index is -0.510. The topological polar surface area (TPSA) is 114 Å². The maximum Gasteiger partial charge on any atom is 0.283 e. The third kappa shape index (κ3) is 3.64.